The van der Waals surface area contributed by atoms with Gasteiger partial charge >= 0.3 is 12.2 Å². The molecule has 29 heavy (non-hydrogen) atoms. The number of aryl methyl sites for hydroxylation is 1. The Hall–Kier alpha value is -3.68. The van der Waals surface area contributed by atoms with E-state index >= 15 is 0 Å². The van der Waals surface area contributed by atoms with Gasteiger partial charge in [-0.25, -0.2) is 4.57 Å². The van der Waals surface area contributed by atoms with Crippen LogP contribution in [0.2, 0.25) is 0 Å². The van der Waals surface area contributed by atoms with Crippen molar-refractivity contribution in [3.05, 3.63) is 84.2 Å². The van der Waals surface area contributed by atoms with Gasteiger partial charge in [0.2, 0.25) is 0 Å². The van der Waals surface area contributed by atoms with Crippen molar-refractivity contribution < 1.29 is 17.9 Å². The highest BCUT2D eigenvalue weighted by Crippen LogP contribution is 2.34. The zero-order valence-electron chi connectivity index (χ0n) is 15.3. The van der Waals surface area contributed by atoms with Gasteiger partial charge in [0.25, 0.3) is 0 Å². The standard InChI is InChI=1S/C21H15F3N4O/c1-14-7-9-17(10-8-14)28-19(15-4-3-11-25-13-15)26-27-20(28)29-18-6-2-5-16(12-18)21(22,23)24/h2-13H,1H3. The molecule has 2 aromatic heterocycles. The lowest BCUT2D eigenvalue weighted by atomic mass is 10.2. The number of benzene rings is 2. The molecule has 0 unspecified atom stereocenters. The van der Waals surface area contributed by atoms with Gasteiger partial charge < -0.3 is 4.74 Å². The van der Waals surface area contributed by atoms with Crippen molar-refractivity contribution >= 4 is 0 Å². The van der Waals surface area contributed by atoms with E-state index in [0.29, 0.717) is 17.1 Å². The Bertz CT molecular complexity index is 1120. The van der Waals surface area contributed by atoms with Crippen LogP contribution in [0.3, 0.4) is 0 Å². The fraction of sp³-hybridized carbons (Fsp3) is 0.0952. The molecule has 0 radical (unpaired) electrons. The molecule has 0 saturated heterocycles. The Morgan fingerprint density at radius 2 is 1.72 bits per heavy atom. The number of halogens is 3. The Kier molecular flexibility index (Phi) is 4.75. The number of ether oxygens (including phenoxy) is 1. The van der Waals surface area contributed by atoms with E-state index in [-0.39, 0.29) is 11.8 Å². The van der Waals surface area contributed by atoms with Crippen LogP contribution in [0.25, 0.3) is 17.1 Å². The fourth-order valence-electron chi connectivity index (χ4n) is 2.79. The molecule has 2 heterocycles. The van der Waals surface area contributed by atoms with Crippen molar-refractivity contribution in [2.75, 3.05) is 0 Å². The molecule has 2 aromatic carbocycles. The average molecular weight is 396 g/mol. The van der Waals surface area contributed by atoms with Crippen LogP contribution < -0.4 is 4.74 Å². The van der Waals surface area contributed by atoms with Gasteiger partial charge in [-0.15, -0.1) is 5.10 Å². The van der Waals surface area contributed by atoms with E-state index in [1.165, 1.54) is 12.1 Å². The highest BCUT2D eigenvalue weighted by molar-refractivity contribution is 5.58. The minimum absolute atomic E-state index is 0.0123. The molecule has 0 N–H and O–H groups in total. The number of nitrogens with zero attached hydrogens (tertiary/aromatic N) is 4. The lowest BCUT2D eigenvalue weighted by Gasteiger charge is -2.12. The molecule has 4 rings (SSSR count). The normalized spacial score (nSPS) is 11.4. The van der Waals surface area contributed by atoms with Gasteiger partial charge in [-0.05, 0) is 49.4 Å². The molecular formula is C21H15F3N4O. The molecule has 4 aromatic rings. The predicted octanol–water partition coefficient (Wildman–Crippen LogP) is 5.45. The van der Waals surface area contributed by atoms with Gasteiger partial charge in [0.05, 0.1) is 11.3 Å². The van der Waals surface area contributed by atoms with Gasteiger partial charge in [-0.2, -0.15) is 13.2 Å². The molecule has 5 nitrogen and oxygen atoms in total. The number of alkyl halides is 3. The van der Waals surface area contributed by atoms with Crippen LogP contribution in [0.4, 0.5) is 13.2 Å². The second-order valence-electron chi connectivity index (χ2n) is 6.35. The maximum atomic E-state index is 13.0. The van der Waals surface area contributed by atoms with E-state index in [4.69, 9.17) is 4.74 Å². The third-order valence-corrected chi connectivity index (χ3v) is 4.22. The SMILES string of the molecule is Cc1ccc(-n2c(Oc3cccc(C(F)(F)F)c3)nnc2-c2cccnc2)cc1. The highest BCUT2D eigenvalue weighted by atomic mass is 19.4. The van der Waals surface area contributed by atoms with Crippen molar-refractivity contribution in [1.29, 1.82) is 0 Å². The van der Waals surface area contributed by atoms with Gasteiger partial charge in [-0.1, -0.05) is 28.9 Å². The van der Waals surface area contributed by atoms with Crippen LogP contribution in [0.5, 0.6) is 11.8 Å². The van der Waals surface area contributed by atoms with Gasteiger partial charge in [0.1, 0.15) is 5.75 Å². The summed E-state index contributed by atoms with van der Waals surface area (Å²) in [5.74, 6) is 0.474. The Labute approximate surface area is 164 Å². The molecule has 0 fully saturated rings. The van der Waals surface area contributed by atoms with Gasteiger partial charge in [-0.3, -0.25) is 4.98 Å². The largest absolute Gasteiger partial charge is 0.424 e. The molecule has 0 atom stereocenters. The van der Waals surface area contributed by atoms with Crippen molar-refractivity contribution in [1.82, 2.24) is 19.7 Å². The average Bonchev–Trinajstić information content (AvgIpc) is 3.12. The van der Waals surface area contributed by atoms with E-state index in [1.807, 2.05) is 37.3 Å². The summed E-state index contributed by atoms with van der Waals surface area (Å²) in [7, 11) is 0. The molecule has 0 saturated carbocycles. The topological polar surface area (TPSA) is 52.8 Å². The zero-order chi connectivity index (χ0) is 20.4. The van der Waals surface area contributed by atoms with E-state index in [0.717, 1.165) is 17.7 Å². The molecule has 0 spiro atoms. The van der Waals surface area contributed by atoms with Gasteiger partial charge in [0, 0.05) is 18.0 Å². The molecular weight excluding hydrogens is 381 g/mol. The summed E-state index contributed by atoms with van der Waals surface area (Å²) in [6.07, 6.45) is -1.20. The molecule has 0 amide bonds. The monoisotopic (exact) mass is 396 g/mol. The number of hydrogen-bond acceptors (Lipinski definition) is 4. The summed E-state index contributed by atoms with van der Waals surface area (Å²) in [4.78, 5) is 4.09. The third kappa shape index (κ3) is 3.96. The number of hydrogen-bond donors (Lipinski definition) is 0. The zero-order valence-corrected chi connectivity index (χ0v) is 15.3. The molecule has 8 heteroatoms. The lowest BCUT2D eigenvalue weighted by Crippen LogP contribution is -2.05. The molecule has 146 valence electrons. The Morgan fingerprint density at radius 1 is 0.931 bits per heavy atom. The first kappa shape index (κ1) is 18.7. The van der Waals surface area contributed by atoms with E-state index in [1.54, 1.807) is 23.0 Å². The maximum absolute atomic E-state index is 13.0. The highest BCUT2D eigenvalue weighted by Gasteiger charge is 2.31. The molecule has 0 aliphatic heterocycles. The minimum Gasteiger partial charge on any atom is -0.424 e. The van der Waals surface area contributed by atoms with Crippen LogP contribution in [-0.2, 0) is 6.18 Å². The molecule has 0 aliphatic carbocycles. The first-order valence-corrected chi connectivity index (χ1v) is 8.70. The van der Waals surface area contributed by atoms with Crippen molar-refractivity contribution in [3.8, 4) is 28.8 Å². The molecule has 0 bridgehead atoms. The number of pyridine rings is 1. The first-order chi connectivity index (χ1) is 13.9. The van der Waals surface area contributed by atoms with Crippen LogP contribution in [0.15, 0.2) is 73.1 Å². The summed E-state index contributed by atoms with van der Waals surface area (Å²) in [6.45, 7) is 1.96. The van der Waals surface area contributed by atoms with Gasteiger partial charge in [0.15, 0.2) is 5.82 Å². The van der Waals surface area contributed by atoms with Crippen LogP contribution in [0, 0.1) is 6.92 Å². The van der Waals surface area contributed by atoms with Crippen LogP contribution in [0.1, 0.15) is 11.1 Å². The van der Waals surface area contributed by atoms with E-state index in [9.17, 15) is 13.2 Å². The third-order valence-electron chi connectivity index (χ3n) is 4.22. The Balaban J connectivity index is 1.80. The second-order valence-corrected chi connectivity index (χ2v) is 6.35. The second kappa shape index (κ2) is 7.38. The number of rotatable bonds is 4. The van der Waals surface area contributed by atoms with Crippen molar-refractivity contribution in [2.24, 2.45) is 0 Å². The molecule has 0 aliphatic rings. The summed E-state index contributed by atoms with van der Waals surface area (Å²) in [6, 6.07) is 15.8. The summed E-state index contributed by atoms with van der Waals surface area (Å²) in [5.41, 5.74) is 1.66. The van der Waals surface area contributed by atoms with Crippen molar-refractivity contribution in [2.45, 2.75) is 13.1 Å². The van der Waals surface area contributed by atoms with Crippen LogP contribution in [-0.4, -0.2) is 19.7 Å². The first-order valence-electron chi connectivity index (χ1n) is 8.70. The quantitative estimate of drug-likeness (QED) is 0.460. The smallest absolute Gasteiger partial charge is 0.416 e. The lowest BCUT2D eigenvalue weighted by molar-refractivity contribution is -0.137. The van der Waals surface area contributed by atoms with Crippen LogP contribution >= 0.6 is 0 Å². The minimum atomic E-state index is -4.47. The van der Waals surface area contributed by atoms with Crippen molar-refractivity contribution in [3.63, 3.8) is 0 Å². The predicted molar refractivity (Wildman–Crippen MR) is 101 cm³/mol. The summed E-state index contributed by atoms with van der Waals surface area (Å²) >= 11 is 0. The van der Waals surface area contributed by atoms with E-state index in [2.05, 4.69) is 15.2 Å². The fourth-order valence-corrected chi connectivity index (χ4v) is 2.79. The van der Waals surface area contributed by atoms with E-state index < -0.39 is 11.7 Å². The summed E-state index contributed by atoms with van der Waals surface area (Å²) < 4.78 is 46.4. The maximum Gasteiger partial charge on any atom is 0.416 e. The Morgan fingerprint density at radius 3 is 2.41 bits per heavy atom. The number of aromatic nitrogens is 4. The summed E-state index contributed by atoms with van der Waals surface area (Å²) in [5, 5.41) is 8.24.